The molecule has 0 fully saturated rings. The second kappa shape index (κ2) is 7.49. The van der Waals surface area contributed by atoms with Crippen molar-refractivity contribution in [1.29, 1.82) is 0 Å². The SMILES string of the molecule is Cc1ccc(S(=O)(=O)C(CCc2cccc(C(F)(F)F)c2)C(=O)O)cc1. The van der Waals surface area contributed by atoms with Gasteiger partial charge in [0.05, 0.1) is 10.5 Å². The van der Waals surface area contributed by atoms with Gasteiger partial charge >= 0.3 is 12.1 Å². The summed E-state index contributed by atoms with van der Waals surface area (Å²) in [6.07, 6.45) is -4.95. The molecular weight excluding hydrogens is 369 g/mol. The van der Waals surface area contributed by atoms with Crippen molar-refractivity contribution in [2.75, 3.05) is 0 Å². The first kappa shape index (κ1) is 20.0. The van der Waals surface area contributed by atoms with Crippen molar-refractivity contribution in [3.05, 3.63) is 65.2 Å². The van der Waals surface area contributed by atoms with E-state index in [-0.39, 0.29) is 23.3 Å². The summed E-state index contributed by atoms with van der Waals surface area (Å²) in [6.45, 7) is 1.76. The summed E-state index contributed by atoms with van der Waals surface area (Å²) >= 11 is 0. The Balaban J connectivity index is 2.24. The van der Waals surface area contributed by atoms with Gasteiger partial charge in [-0.05, 0) is 43.5 Å². The van der Waals surface area contributed by atoms with Gasteiger partial charge in [0, 0.05) is 0 Å². The van der Waals surface area contributed by atoms with Gasteiger partial charge in [-0.15, -0.1) is 0 Å². The van der Waals surface area contributed by atoms with Gasteiger partial charge in [0.25, 0.3) is 0 Å². The molecule has 1 unspecified atom stereocenters. The smallest absolute Gasteiger partial charge is 0.416 e. The highest BCUT2D eigenvalue weighted by Gasteiger charge is 2.34. The van der Waals surface area contributed by atoms with Crippen molar-refractivity contribution >= 4 is 15.8 Å². The van der Waals surface area contributed by atoms with Crippen molar-refractivity contribution in [3.8, 4) is 0 Å². The van der Waals surface area contributed by atoms with E-state index < -0.39 is 32.8 Å². The number of alkyl halides is 3. The number of aryl methyl sites for hydroxylation is 2. The summed E-state index contributed by atoms with van der Waals surface area (Å²) in [5.41, 5.74) is 0.188. The van der Waals surface area contributed by atoms with Crippen LogP contribution in [-0.4, -0.2) is 24.7 Å². The standard InChI is InChI=1S/C18H17F3O4S/c1-12-5-8-15(9-6-12)26(24,25)16(17(22)23)10-7-13-3-2-4-14(11-13)18(19,20)21/h2-6,8-9,11,16H,7,10H2,1H3,(H,22,23). The van der Waals surface area contributed by atoms with Crippen LogP contribution in [0.25, 0.3) is 0 Å². The lowest BCUT2D eigenvalue weighted by Gasteiger charge is -2.14. The van der Waals surface area contributed by atoms with Gasteiger partial charge in [0.15, 0.2) is 15.1 Å². The molecule has 1 N–H and O–H groups in total. The van der Waals surface area contributed by atoms with Crippen LogP contribution in [0.2, 0.25) is 0 Å². The topological polar surface area (TPSA) is 71.4 Å². The number of benzene rings is 2. The van der Waals surface area contributed by atoms with Crippen LogP contribution < -0.4 is 0 Å². The summed E-state index contributed by atoms with van der Waals surface area (Å²) in [5.74, 6) is -1.53. The van der Waals surface area contributed by atoms with Gasteiger partial charge in [0.2, 0.25) is 0 Å². The maximum atomic E-state index is 12.7. The molecule has 0 aromatic heterocycles. The van der Waals surface area contributed by atoms with Crippen LogP contribution in [0.15, 0.2) is 53.4 Å². The molecule has 0 radical (unpaired) electrons. The highest BCUT2D eigenvalue weighted by atomic mass is 32.2. The number of carboxylic acids is 1. The van der Waals surface area contributed by atoms with E-state index in [0.717, 1.165) is 17.7 Å². The Labute approximate surface area is 149 Å². The van der Waals surface area contributed by atoms with Gasteiger partial charge in [-0.1, -0.05) is 35.9 Å². The Morgan fingerprint density at radius 1 is 1.12 bits per heavy atom. The lowest BCUT2D eigenvalue weighted by molar-refractivity contribution is -0.138. The first-order valence-electron chi connectivity index (χ1n) is 7.71. The first-order chi connectivity index (χ1) is 12.0. The third kappa shape index (κ3) is 4.63. The summed E-state index contributed by atoms with van der Waals surface area (Å²) in [4.78, 5) is 11.3. The Hall–Kier alpha value is -2.35. The Morgan fingerprint density at radius 2 is 1.73 bits per heavy atom. The maximum absolute atomic E-state index is 12.7. The number of sulfone groups is 1. The molecule has 0 bridgehead atoms. The second-order valence-corrected chi connectivity index (χ2v) is 8.05. The number of rotatable bonds is 6. The third-order valence-electron chi connectivity index (χ3n) is 3.95. The summed E-state index contributed by atoms with van der Waals surface area (Å²) in [6, 6.07) is 10.2. The molecule has 4 nitrogen and oxygen atoms in total. The van der Waals surface area contributed by atoms with Crippen LogP contribution >= 0.6 is 0 Å². The Bertz CT molecular complexity index is 887. The molecule has 0 aliphatic carbocycles. The normalized spacial score (nSPS) is 13.4. The first-order valence-corrected chi connectivity index (χ1v) is 9.26. The average molecular weight is 386 g/mol. The van der Waals surface area contributed by atoms with Crippen LogP contribution in [0.4, 0.5) is 13.2 Å². The zero-order valence-electron chi connectivity index (χ0n) is 13.8. The fourth-order valence-electron chi connectivity index (χ4n) is 2.50. The molecule has 0 aliphatic heterocycles. The average Bonchev–Trinajstić information content (AvgIpc) is 2.54. The molecule has 0 amide bonds. The van der Waals surface area contributed by atoms with E-state index in [2.05, 4.69) is 0 Å². The zero-order valence-corrected chi connectivity index (χ0v) is 14.6. The van der Waals surface area contributed by atoms with E-state index in [1.165, 1.54) is 24.3 Å². The molecule has 26 heavy (non-hydrogen) atoms. The molecule has 2 rings (SSSR count). The minimum atomic E-state index is -4.52. The van der Waals surface area contributed by atoms with Crippen LogP contribution in [0, 0.1) is 6.92 Å². The summed E-state index contributed by atoms with van der Waals surface area (Å²) in [7, 11) is -4.15. The quantitative estimate of drug-likeness (QED) is 0.818. The molecular formula is C18H17F3O4S. The van der Waals surface area contributed by atoms with E-state index in [0.29, 0.717) is 0 Å². The molecule has 2 aromatic rings. The molecule has 8 heteroatoms. The third-order valence-corrected chi connectivity index (χ3v) is 6.06. The zero-order chi connectivity index (χ0) is 19.5. The number of carbonyl (C=O) groups is 1. The molecule has 1 atom stereocenters. The monoisotopic (exact) mass is 386 g/mol. The van der Waals surface area contributed by atoms with Crippen molar-refractivity contribution in [1.82, 2.24) is 0 Å². The number of aliphatic carboxylic acids is 1. The minimum Gasteiger partial charge on any atom is -0.480 e. The number of hydrogen-bond acceptors (Lipinski definition) is 3. The highest BCUT2D eigenvalue weighted by molar-refractivity contribution is 7.92. The maximum Gasteiger partial charge on any atom is 0.416 e. The van der Waals surface area contributed by atoms with Crippen LogP contribution in [-0.2, 0) is 27.2 Å². The lowest BCUT2D eigenvalue weighted by Crippen LogP contribution is -2.31. The molecule has 0 heterocycles. The fourth-order valence-corrected chi connectivity index (χ4v) is 4.04. The van der Waals surface area contributed by atoms with Crippen LogP contribution in [0.1, 0.15) is 23.1 Å². The van der Waals surface area contributed by atoms with Crippen LogP contribution in [0.5, 0.6) is 0 Å². The Morgan fingerprint density at radius 3 is 2.27 bits per heavy atom. The number of halogens is 3. The van der Waals surface area contributed by atoms with Crippen molar-refractivity contribution in [2.45, 2.75) is 36.1 Å². The molecule has 0 spiro atoms. The van der Waals surface area contributed by atoms with Gasteiger partial charge in [-0.3, -0.25) is 4.79 Å². The Kier molecular flexibility index (Phi) is 5.75. The van der Waals surface area contributed by atoms with E-state index in [9.17, 15) is 31.5 Å². The molecule has 0 saturated heterocycles. The minimum absolute atomic E-state index is 0.105. The van der Waals surface area contributed by atoms with Gasteiger partial charge in [-0.25, -0.2) is 8.42 Å². The molecule has 2 aromatic carbocycles. The van der Waals surface area contributed by atoms with E-state index in [1.807, 2.05) is 0 Å². The predicted molar refractivity (Wildman–Crippen MR) is 89.6 cm³/mol. The van der Waals surface area contributed by atoms with Crippen LogP contribution in [0.3, 0.4) is 0 Å². The molecule has 0 aliphatic rings. The van der Waals surface area contributed by atoms with E-state index in [1.54, 1.807) is 19.1 Å². The number of carboxylic acid groups (broad SMARTS) is 1. The summed E-state index contributed by atoms with van der Waals surface area (Å²) in [5, 5.41) is 7.59. The van der Waals surface area contributed by atoms with Gasteiger partial charge in [0.1, 0.15) is 0 Å². The van der Waals surface area contributed by atoms with Crippen molar-refractivity contribution in [2.24, 2.45) is 0 Å². The van der Waals surface area contributed by atoms with E-state index in [4.69, 9.17) is 0 Å². The largest absolute Gasteiger partial charge is 0.480 e. The fraction of sp³-hybridized carbons (Fsp3) is 0.278. The van der Waals surface area contributed by atoms with Gasteiger partial charge in [-0.2, -0.15) is 13.2 Å². The summed E-state index contributed by atoms with van der Waals surface area (Å²) < 4.78 is 63.4. The predicted octanol–water partition coefficient (Wildman–Crippen LogP) is 3.87. The van der Waals surface area contributed by atoms with E-state index >= 15 is 0 Å². The van der Waals surface area contributed by atoms with Crippen molar-refractivity contribution in [3.63, 3.8) is 0 Å². The number of hydrogen-bond donors (Lipinski definition) is 1. The van der Waals surface area contributed by atoms with Gasteiger partial charge < -0.3 is 5.11 Å². The lowest BCUT2D eigenvalue weighted by atomic mass is 10.0. The van der Waals surface area contributed by atoms with Crippen molar-refractivity contribution < 1.29 is 31.5 Å². The second-order valence-electron chi connectivity index (χ2n) is 5.92. The highest BCUT2D eigenvalue weighted by Crippen LogP contribution is 2.30. The molecule has 140 valence electrons. The molecule has 0 saturated carbocycles.